The molecule has 0 radical (unpaired) electrons. The van der Waals surface area contributed by atoms with Gasteiger partial charge in [-0.25, -0.2) is 0 Å². The Kier molecular flexibility index (Phi) is 3.72. The first-order valence-corrected chi connectivity index (χ1v) is 5.08. The first-order chi connectivity index (χ1) is 7.00. The van der Waals surface area contributed by atoms with Crippen LogP contribution in [0.25, 0.3) is 0 Å². The molecule has 0 aliphatic rings. The van der Waals surface area contributed by atoms with Gasteiger partial charge < -0.3 is 5.32 Å². The molecule has 0 fully saturated rings. The van der Waals surface area contributed by atoms with Gasteiger partial charge in [0.25, 0.3) is 0 Å². The number of rotatable bonds is 3. The summed E-state index contributed by atoms with van der Waals surface area (Å²) in [6.07, 6.45) is 6.12. The van der Waals surface area contributed by atoms with Crippen molar-refractivity contribution in [2.75, 3.05) is 5.32 Å². The first kappa shape index (κ1) is 12.0. The molecule has 15 heavy (non-hydrogen) atoms. The van der Waals surface area contributed by atoms with Crippen LogP contribution in [-0.2, 0) is 0 Å². The summed E-state index contributed by atoms with van der Waals surface area (Å²) in [5, 5.41) is 10.3. The van der Waals surface area contributed by atoms with Crippen molar-refractivity contribution in [1.82, 2.24) is 15.2 Å². The van der Waals surface area contributed by atoms with Gasteiger partial charge in [-0.2, -0.15) is 4.98 Å². The van der Waals surface area contributed by atoms with E-state index in [9.17, 15) is 0 Å². The Labute approximate surface area is 98.4 Å². The summed E-state index contributed by atoms with van der Waals surface area (Å²) in [7, 11) is 0. The normalized spacial score (nSPS) is 14.1. The van der Waals surface area contributed by atoms with Gasteiger partial charge in [-0.15, -0.1) is 16.6 Å². The second kappa shape index (κ2) is 4.65. The molecule has 1 rings (SSSR count). The van der Waals surface area contributed by atoms with Crippen LogP contribution >= 0.6 is 23.2 Å². The molecule has 1 N–H and O–H groups in total. The smallest absolute Gasteiger partial charge is 0.245 e. The summed E-state index contributed by atoms with van der Waals surface area (Å²) < 4.78 is 0. The molecule has 0 aromatic carbocycles. The van der Waals surface area contributed by atoms with E-state index in [2.05, 4.69) is 26.4 Å². The fourth-order valence-corrected chi connectivity index (χ4v) is 1.11. The van der Waals surface area contributed by atoms with Crippen LogP contribution in [0, 0.1) is 12.3 Å². The highest BCUT2D eigenvalue weighted by Crippen LogP contribution is 2.22. The molecule has 80 valence electrons. The molecule has 1 aromatic heterocycles. The van der Waals surface area contributed by atoms with Crippen LogP contribution in [0.15, 0.2) is 0 Å². The molecular formula is C9H10Cl2N4. The van der Waals surface area contributed by atoms with E-state index in [4.69, 9.17) is 29.6 Å². The van der Waals surface area contributed by atoms with E-state index in [-0.39, 0.29) is 10.4 Å². The van der Waals surface area contributed by atoms with Crippen LogP contribution < -0.4 is 5.32 Å². The highest BCUT2D eigenvalue weighted by atomic mass is 35.5. The monoisotopic (exact) mass is 244 g/mol. The van der Waals surface area contributed by atoms with E-state index in [0.29, 0.717) is 5.82 Å². The molecule has 0 bridgehead atoms. The number of aromatic nitrogens is 3. The van der Waals surface area contributed by atoms with Gasteiger partial charge in [0, 0.05) is 0 Å². The number of halogens is 2. The van der Waals surface area contributed by atoms with E-state index in [1.807, 2.05) is 13.8 Å². The minimum Gasteiger partial charge on any atom is -0.351 e. The first-order valence-electron chi connectivity index (χ1n) is 4.32. The van der Waals surface area contributed by atoms with Gasteiger partial charge in [-0.3, -0.25) is 0 Å². The van der Waals surface area contributed by atoms with Gasteiger partial charge in [0.15, 0.2) is 11.0 Å². The Balaban J connectivity index is 2.99. The predicted molar refractivity (Wildman–Crippen MR) is 61.0 cm³/mol. The Morgan fingerprint density at radius 1 is 1.47 bits per heavy atom. The van der Waals surface area contributed by atoms with E-state index >= 15 is 0 Å². The van der Waals surface area contributed by atoms with E-state index in [1.54, 1.807) is 0 Å². The minimum absolute atomic E-state index is 0.0253. The molecule has 1 atom stereocenters. The van der Waals surface area contributed by atoms with Crippen molar-refractivity contribution >= 4 is 29.0 Å². The average Bonchev–Trinajstić information content (AvgIpc) is 2.23. The minimum atomic E-state index is -0.525. The molecule has 0 spiro atoms. The van der Waals surface area contributed by atoms with Crippen molar-refractivity contribution in [3.05, 3.63) is 10.4 Å². The lowest BCUT2D eigenvalue weighted by Gasteiger charge is -2.23. The summed E-state index contributed by atoms with van der Waals surface area (Å²) in [4.78, 5) is 3.91. The zero-order valence-electron chi connectivity index (χ0n) is 8.38. The van der Waals surface area contributed by atoms with Crippen LogP contribution in [0.1, 0.15) is 20.3 Å². The van der Waals surface area contributed by atoms with Crippen molar-refractivity contribution in [3.63, 3.8) is 0 Å². The SMILES string of the molecule is C#CC(C)(CC)Nc1nc(Cl)nnc1Cl. The highest BCUT2D eigenvalue weighted by molar-refractivity contribution is 6.32. The molecule has 0 aliphatic carbocycles. The predicted octanol–water partition coefficient (Wildman–Crippen LogP) is 2.39. The summed E-state index contributed by atoms with van der Waals surface area (Å²) in [6, 6.07) is 0. The zero-order chi connectivity index (χ0) is 11.5. The van der Waals surface area contributed by atoms with Crippen molar-refractivity contribution in [3.8, 4) is 12.3 Å². The van der Waals surface area contributed by atoms with Crippen LogP contribution in [0.3, 0.4) is 0 Å². The maximum Gasteiger partial charge on any atom is 0.245 e. The fraction of sp³-hybridized carbons (Fsp3) is 0.444. The standard InChI is InChI=1S/C9H10Cl2N4/c1-4-9(3,5-2)13-7-6(10)14-15-8(11)12-7/h1H,5H2,2-3H3,(H,12,13,15). The highest BCUT2D eigenvalue weighted by Gasteiger charge is 2.21. The summed E-state index contributed by atoms with van der Waals surface area (Å²) in [6.45, 7) is 3.82. The third-order valence-corrected chi connectivity index (χ3v) is 2.45. The van der Waals surface area contributed by atoms with Crippen molar-refractivity contribution in [2.45, 2.75) is 25.8 Å². The van der Waals surface area contributed by atoms with Crippen LogP contribution in [-0.4, -0.2) is 20.7 Å². The molecule has 6 heteroatoms. The average molecular weight is 245 g/mol. The molecule has 1 aromatic rings. The van der Waals surface area contributed by atoms with E-state index < -0.39 is 5.54 Å². The Bertz CT molecular complexity index is 402. The van der Waals surface area contributed by atoms with Crippen LogP contribution in [0.2, 0.25) is 10.4 Å². The topological polar surface area (TPSA) is 50.7 Å². The number of hydrogen-bond donors (Lipinski definition) is 1. The van der Waals surface area contributed by atoms with Crippen molar-refractivity contribution in [2.24, 2.45) is 0 Å². The Morgan fingerprint density at radius 3 is 2.67 bits per heavy atom. The van der Waals surface area contributed by atoms with Crippen molar-refractivity contribution in [1.29, 1.82) is 0 Å². The van der Waals surface area contributed by atoms with Gasteiger partial charge in [-0.05, 0) is 24.9 Å². The summed E-state index contributed by atoms with van der Waals surface area (Å²) in [5.41, 5.74) is -0.525. The van der Waals surface area contributed by atoms with Crippen LogP contribution in [0.4, 0.5) is 5.82 Å². The fourth-order valence-electron chi connectivity index (χ4n) is 0.861. The third kappa shape index (κ3) is 2.95. The number of hydrogen-bond acceptors (Lipinski definition) is 4. The number of nitrogens with one attached hydrogen (secondary N) is 1. The maximum absolute atomic E-state index is 5.79. The van der Waals surface area contributed by atoms with Crippen LogP contribution in [0.5, 0.6) is 0 Å². The summed E-state index contributed by atoms with van der Waals surface area (Å²) >= 11 is 11.4. The molecule has 0 aliphatic heterocycles. The molecule has 0 saturated carbocycles. The van der Waals surface area contributed by atoms with Gasteiger partial charge in [-0.1, -0.05) is 24.4 Å². The van der Waals surface area contributed by atoms with Gasteiger partial charge >= 0.3 is 0 Å². The van der Waals surface area contributed by atoms with Gasteiger partial charge in [0.1, 0.15) is 0 Å². The number of anilines is 1. The molecule has 4 nitrogen and oxygen atoms in total. The van der Waals surface area contributed by atoms with Gasteiger partial charge in [0.2, 0.25) is 5.28 Å². The van der Waals surface area contributed by atoms with Gasteiger partial charge in [0.05, 0.1) is 5.54 Å². The molecule has 0 amide bonds. The lowest BCUT2D eigenvalue weighted by atomic mass is 10.0. The number of nitrogens with zero attached hydrogens (tertiary/aromatic N) is 3. The van der Waals surface area contributed by atoms with Crippen molar-refractivity contribution < 1.29 is 0 Å². The molecule has 1 heterocycles. The zero-order valence-corrected chi connectivity index (χ0v) is 9.89. The van der Waals surface area contributed by atoms with E-state index in [1.165, 1.54) is 0 Å². The second-order valence-corrected chi connectivity index (χ2v) is 3.87. The Morgan fingerprint density at radius 2 is 2.13 bits per heavy atom. The quantitative estimate of drug-likeness (QED) is 0.830. The lowest BCUT2D eigenvalue weighted by molar-refractivity contribution is 0.630. The number of terminal acetylenes is 1. The molecule has 0 saturated heterocycles. The lowest BCUT2D eigenvalue weighted by Crippen LogP contribution is -2.32. The van der Waals surface area contributed by atoms with E-state index in [0.717, 1.165) is 6.42 Å². The maximum atomic E-state index is 5.79. The third-order valence-electron chi connectivity index (χ3n) is 2.04. The molecule has 1 unspecified atom stereocenters. The summed E-state index contributed by atoms with van der Waals surface area (Å²) in [5.74, 6) is 2.97. The molecular weight excluding hydrogens is 235 g/mol. The second-order valence-electron chi connectivity index (χ2n) is 3.18. The largest absolute Gasteiger partial charge is 0.351 e. The Hall–Kier alpha value is -1.05.